The van der Waals surface area contributed by atoms with Gasteiger partial charge in [0, 0.05) is 17.5 Å². The highest BCUT2D eigenvalue weighted by Gasteiger charge is 2.30. The van der Waals surface area contributed by atoms with Crippen molar-refractivity contribution in [3.05, 3.63) is 54.1 Å². The molecule has 0 bridgehead atoms. The van der Waals surface area contributed by atoms with Crippen molar-refractivity contribution < 1.29 is 4.79 Å². The predicted molar refractivity (Wildman–Crippen MR) is 89.3 cm³/mol. The van der Waals surface area contributed by atoms with E-state index in [9.17, 15) is 4.79 Å². The minimum Gasteiger partial charge on any atom is -0.300 e. The lowest BCUT2D eigenvalue weighted by atomic mass is 10.1. The molecule has 3 aromatic rings. The van der Waals surface area contributed by atoms with Crippen LogP contribution in [-0.4, -0.2) is 20.7 Å². The lowest BCUT2D eigenvalue weighted by Crippen LogP contribution is -2.28. The Morgan fingerprint density at radius 2 is 1.91 bits per heavy atom. The number of hydrogen-bond acceptors (Lipinski definition) is 3. The Bertz CT molecular complexity index is 892. The minimum atomic E-state index is 0.0379. The largest absolute Gasteiger partial charge is 0.300 e. The summed E-state index contributed by atoms with van der Waals surface area (Å²) in [5.74, 6) is 1.33. The van der Waals surface area contributed by atoms with Crippen LogP contribution in [0.5, 0.6) is 0 Å². The van der Waals surface area contributed by atoms with E-state index in [2.05, 4.69) is 23.9 Å². The fourth-order valence-corrected chi connectivity index (χ4v) is 3.19. The Hall–Kier alpha value is -2.69. The summed E-state index contributed by atoms with van der Waals surface area (Å²) in [4.78, 5) is 19.0. The van der Waals surface area contributed by atoms with Crippen LogP contribution in [0.15, 0.2) is 42.7 Å². The molecule has 5 nitrogen and oxygen atoms in total. The molecule has 1 aromatic heterocycles. The van der Waals surface area contributed by atoms with Crippen LogP contribution in [0.1, 0.15) is 30.0 Å². The lowest BCUT2D eigenvalue weighted by Gasteiger charge is -2.18. The minimum absolute atomic E-state index is 0.0379. The van der Waals surface area contributed by atoms with Crippen molar-refractivity contribution in [3.8, 4) is 0 Å². The Labute approximate surface area is 134 Å². The van der Waals surface area contributed by atoms with Gasteiger partial charge in [-0.15, -0.1) is 0 Å². The lowest BCUT2D eigenvalue weighted by molar-refractivity contribution is 0.0990. The van der Waals surface area contributed by atoms with E-state index < -0.39 is 0 Å². The van der Waals surface area contributed by atoms with Crippen LogP contribution in [0.25, 0.3) is 10.8 Å². The summed E-state index contributed by atoms with van der Waals surface area (Å²) < 4.78 is 1.89. The predicted octanol–water partition coefficient (Wildman–Crippen LogP) is 3.25. The van der Waals surface area contributed by atoms with E-state index in [4.69, 9.17) is 0 Å². The zero-order chi connectivity index (χ0) is 16.0. The molecule has 0 unspecified atom stereocenters. The van der Waals surface area contributed by atoms with Gasteiger partial charge in [-0.05, 0) is 23.4 Å². The van der Waals surface area contributed by atoms with Crippen LogP contribution >= 0.6 is 0 Å². The van der Waals surface area contributed by atoms with Crippen LogP contribution in [0.2, 0.25) is 0 Å². The third-order valence-corrected chi connectivity index (χ3v) is 4.18. The molecule has 116 valence electrons. The molecule has 0 saturated carbocycles. The molecule has 4 rings (SSSR count). The molecule has 1 aliphatic rings. The average molecular weight is 306 g/mol. The number of hydrogen-bond donors (Lipinski definition) is 0. The normalized spacial score (nSPS) is 13.5. The number of nitrogens with zero attached hydrogens (tertiary/aromatic N) is 4. The molecule has 0 atom stereocenters. The number of benzene rings is 2. The van der Waals surface area contributed by atoms with Gasteiger partial charge in [-0.1, -0.05) is 38.1 Å². The van der Waals surface area contributed by atoms with Crippen molar-refractivity contribution >= 4 is 22.4 Å². The molecule has 23 heavy (non-hydrogen) atoms. The molecule has 0 aliphatic carbocycles. The van der Waals surface area contributed by atoms with Crippen molar-refractivity contribution in [2.75, 3.05) is 4.90 Å². The van der Waals surface area contributed by atoms with Gasteiger partial charge >= 0.3 is 0 Å². The number of carbonyl (C=O) groups excluding carboxylic acids is 1. The van der Waals surface area contributed by atoms with Crippen molar-refractivity contribution in [2.45, 2.75) is 26.9 Å². The number of anilines is 1. The van der Waals surface area contributed by atoms with Crippen molar-refractivity contribution in [1.29, 1.82) is 0 Å². The van der Waals surface area contributed by atoms with Crippen molar-refractivity contribution in [2.24, 2.45) is 5.92 Å². The first kappa shape index (κ1) is 13.9. The summed E-state index contributed by atoms with van der Waals surface area (Å²) >= 11 is 0. The van der Waals surface area contributed by atoms with Gasteiger partial charge in [0.1, 0.15) is 12.2 Å². The number of amides is 1. The Balaban J connectivity index is 1.74. The maximum Gasteiger partial charge on any atom is 0.259 e. The first-order chi connectivity index (χ1) is 11.1. The number of aromatic nitrogens is 3. The summed E-state index contributed by atoms with van der Waals surface area (Å²) in [5, 5.41) is 6.42. The van der Waals surface area contributed by atoms with E-state index in [1.54, 1.807) is 11.2 Å². The molecule has 1 amide bonds. The van der Waals surface area contributed by atoms with Crippen LogP contribution in [0.3, 0.4) is 0 Å². The monoisotopic (exact) mass is 306 g/mol. The summed E-state index contributed by atoms with van der Waals surface area (Å²) in [6.07, 6.45) is 1.56. The second kappa shape index (κ2) is 5.19. The fourth-order valence-electron chi connectivity index (χ4n) is 3.19. The van der Waals surface area contributed by atoms with Gasteiger partial charge in [-0.25, -0.2) is 9.67 Å². The van der Waals surface area contributed by atoms with Crippen LogP contribution in [0, 0.1) is 5.92 Å². The highest BCUT2D eigenvalue weighted by molar-refractivity contribution is 6.24. The Kier molecular flexibility index (Phi) is 3.15. The first-order valence-corrected chi connectivity index (χ1v) is 7.85. The Morgan fingerprint density at radius 1 is 1.13 bits per heavy atom. The van der Waals surface area contributed by atoms with E-state index in [-0.39, 0.29) is 5.91 Å². The molecule has 0 spiro atoms. The molecular weight excluding hydrogens is 288 g/mol. The van der Waals surface area contributed by atoms with Gasteiger partial charge in [-0.3, -0.25) is 4.79 Å². The summed E-state index contributed by atoms with van der Waals surface area (Å²) in [6.45, 7) is 5.53. The molecular formula is C18H18N4O. The quantitative estimate of drug-likeness (QED) is 0.743. The van der Waals surface area contributed by atoms with Gasteiger partial charge in [-0.2, -0.15) is 5.10 Å². The van der Waals surface area contributed by atoms with Crippen molar-refractivity contribution in [1.82, 2.24) is 14.8 Å². The molecule has 5 heteroatoms. The third kappa shape index (κ3) is 2.20. The molecule has 0 N–H and O–H groups in total. The molecule has 0 fully saturated rings. The summed E-state index contributed by atoms with van der Waals surface area (Å²) in [7, 11) is 0. The maximum absolute atomic E-state index is 12.8. The second-order valence-electron chi connectivity index (χ2n) is 6.32. The molecule has 0 saturated heterocycles. The van der Waals surface area contributed by atoms with Crippen LogP contribution in [0.4, 0.5) is 5.69 Å². The third-order valence-electron chi connectivity index (χ3n) is 4.18. The maximum atomic E-state index is 12.8. The van der Waals surface area contributed by atoms with E-state index in [0.717, 1.165) is 34.4 Å². The highest BCUT2D eigenvalue weighted by Crippen LogP contribution is 2.37. The standard InChI is InChI=1S/C18H18N4O/c1-12(2)9-22-16(19-11-20-22)10-21-15-8-4-6-13-5-3-7-14(17(13)15)18(21)23/h3-8,11-12H,9-10H2,1-2H3. The number of rotatable bonds is 4. The van der Waals surface area contributed by atoms with E-state index in [1.165, 1.54) is 0 Å². The molecule has 2 aromatic carbocycles. The molecule has 0 radical (unpaired) electrons. The zero-order valence-corrected chi connectivity index (χ0v) is 13.2. The van der Waals surface area contributed by atoms with Gasteiger partial charge in [0.15, 0.2) is 0 Å². The SMILES string of the molecule is CC(C)Cn1ncnc1CN1C(=O)c2cccc3cccc1c23. The van der Waals surface area contributed by atoms with Crippen LogP contribution in [-0.2, 0) is 13.1 Å². The molecule has 2 heterocycles. The highest BCUT2D eigenvalue weighted by atomic mass is 16.2. The summed E-state index contributed by atoms with van der Waals surface area (Å²) in [5.41, 5.74) is 1.73. The summed E-state index contributed by atoms with van der Waals surface area (Å²) in [6, 6.07) is 11.9. The Morgan fingerprint density at radius 3 is 2.70 bits per heavy atom. The fraction of sp³-hybridized carbons (Fsp3) is 0.278. The first-order valence-electron chi connectivity index (χ1n) is 7.85. The van der Waals surface area contributed by atoms with E-state index >= 15 is 0 Å². The van der Waals surface area contributed by atoms with Gasteiger partial charge < -0.3 is 4.90 Å². The van der Waals surface area contributed by atoms with E-state index in [1.807, 2.05) is 41.1 Å². The van der Waals surface area contributed by atoms with Crippen LogP contribution < -0.4 is 4.90 Å². The second-order valence-corrected chi connectivity index (χ2v) is 6.32. The smallest absolute Gasteiger partial charge is 0.259 e. The average Bonchev–Trinajstić information content (AvgIpc) is 3.07. The topological polar surface area (TPSA) is 51.0 Å². The molecule has 1 aliphatic heterocycles. The van der Waals surface area contributed by atoms with Gasteiger partial charge in [0.2, 0.25) is 0 Å². The van der Waals surface area contributed by atoms with Crippen molar-refractivity contribution in [3.63, 3.8) is 0 Å². The zero-order valence-electron chi connectivity index (χ0n) is 13.2. The van der Waals surface area contributed by atoms with E-state index in [0.29, 0.717) is 12.5 Å². The number of carbonyl (C=O) groups is 1. The van der Waals surface area contributed by atoms with Gasteiger partial charge in [0.25, 0.3) is 5.91 Å². The van der Waals surface area contributed by atoms with Gasteiger partial charge in [0.05, 0.1) is 12.2 Å².